The van der Waals surface area contributed by atoms with E-state index in [0.717, 1.165) is 18.5 Å². The first-order valence-electron chi connectivity index (χ1n) is 13.1. The minimum absolute atomic E-state index is 0.114. The number of carbonyl (C=O) groups excluding carboxylic acids is 1. The molecule has 0 fully saturated rings. The van der Waals surface area contributed by atoms with Gasteiger partial charge >= 0.3 is 211 Å². The number of benzene rings is 1. The van der Waals surface area contributed by atoms with Crippen LogP contribution in [0.1, 0.15) is 88.3 Å². The Hall–Kier alpha value is -1.01. The Bertz CT molecular complexity index is 844. The molecule has 1 unspecified atom stereocenters. The molecular formula is C28H43NO2SSn. The molecule has 1 aliphatic rings. The second-order valence-electron chi connectivity index (χ2n) is 9.75. The summed E-state index contributed by atoms with van der Waals surface area (Å²) in [5.74, 6) is 0. The number of ether oxygens (including phenoxy) is 1. The molecule has 0 saturated heterocycles. The zero-order chi connectivity index (χ0) is 23.7. The van der Waals surface area contributed by atoms with Gasteiger partial charge in [-0.2, -0.15) is 0 Å². The Balaban J connectivity index is 1.79. The first-order chi connectivity index (χ1) is 16.0. The summed E-state index contributed by atoms with van der Waals surface area (Å²) in [5, 5.41) is 0. The fourth-order valence-corrected chi connectivity index (χ4v) is 25.7. The molecule has 182 valence electrons. The van der Waals surface area contributed by atoms with E-state index >= 15 is 0 Å². The van der Waals surface area contributed by atoms with Crippen LogP contribution < -0.4 is 2.89 Å². The van der Waals surface area contributed by atoms with Gasteiger partial charge in [0, 0.05) is 0 Å². The van der Waals surface area contributed by atoms with Crippen molar-refractivity contribution < 1.29 is 9.53 Å². The van der Waals surface area contributed by atoms with Crippen molar-refractivity contribution in [3.05, 3.63) is 52.4 Å². The summed E-state index contributed by atoms with van der Waals surface area (Å²) >= 11 is -0.351. The summed E-state index contributed by atoms with van der Waals surface area (Å²) in [7, 11) is 0. The number of thiophene rings is 1. The number of carbonyl (C=O) groups is 1. The Morgan fingerprint density at radius 2 is 1.64 bits per heavy atom. The van der Waals surface area contributed by atoms with Crippen molar-refractivity contribution in [2.24, 2.45) is 0 Å². The molecule has 0 saturated carbocycles. The van der Waals surface area contributed by atoms with E-state index in [1.165, 1.54) is 62.3 Å². The summed E-state index contributed by atoms with van der Waals surface area (Å²) in [6.45, 7) is 10.3. The van der Waals surface area contributed by atoms with E-state index in [0.29, 0.717) is 6.61 Å². The van der Waals surface area contributed by atoms with Gasteiger partial charge in [-0.15, -0.1) is 0 Å². The van der Waals surface area contributed by atoms with Crippen LogP contribution in [0.2, 0.25) is 13.3 Å². The Morgan fingerprint density at radius 1 is 1.03 bits per heavy atom. The van der Waals surface area contributed by atoms with Gasteiger partial charge in [0.1, 0.15) is 0 Å². The maximum absolute atomic E-state index is 12.9. The summed E-state index contributed by atoms with van der Waals surface area (Å²) < 4.78 is 12.0. The van der Waals surface area contributed by atoms with E-state index in [1.807, 2.05) is 35.2 Å². The van der Waals surface area contributed by atoms with Crippen molar-refractivity contribution >= 4 is 38.7 Å². The fourth-order valence-electron chi connectivity index (χ4n) is 5.17. The van der Waals surface area contributed by atoms with Gasteiger partial charge < -0.3 is 0 Å². The summed E-state index contributed by atoms with van der Waals surface area (Å²) in [4.78, 5) is 16.3. The van der Waals surface area contributed by atoms with Gasteiger partial charge in [0.05, 0.1) is 0 Å². The number of rotatable bonds is 12. The second-order valence-corrected chi connectivity index (χ2v) is 25.0. The molecule has 1 aromatic heterocycles. The molecule has 1 atom stereocenters. The first kappa shape index (κ1) is 26.6. The Morgan fingerprint density at radius 3 is 2.21 bits per heavy atom. The fraction of sp³-hybridized carbons (Fsp3) is 0.607. The van der Waals surface area contributed by atoms with E-state index in [9.17, 15) is 4.79 Å². The molecule has 2 aromatic rings. The monoisotopic (exact) mass is 577 g/mol. The molecule has 0 spiro atoms. The number of nitrogens with zero attached hydrogens (tertiary/aromatic N) is 1. The molecule has 0 bridgehead atoms. The summed E-state index contributed by atoms with van der Waals surface area (Å²) in [6, 6.07) is 12.7. The molecule has 0 radical (unpaired) electrons. The number of unbranched alkanes of at least 4 members (excludes halogenated alkanes) is 3. The molecule has 0 aliphatic carbocycles. The molecule has 2 heterocycles. The van der Waals surface area contributed by atoms with Crippen LogP contribution in [0.25, 0.3) is 0 Å². The van der Waals surface area contributed by atoms with Crippen molar-refractivity contribution in [3.63, 3.8) is 0 Å². The quantitative estimate of drug-likeness (QED) is 0.239. The predicted molar refractivity (Wildman–Crippen MR) is 144 cm³/mol. The van der Waals surface area contributed by atoms with Crippen LogP contribution in [0.15, 0.2) is 36.4 Å². The zero-order valence-electron chi connectivity index (χ0n) is 21.2. The summed E-state index contributed by atoms with van der Waals surface area (Å²) in [6.07, 6.45) is 8.87. The van der Waals surface area contributed by atoms with Gasteiger partial charge in [0.15, 0.2) is 0 Å². The zero-order valence-corrected chi connectivity index (χ0v) is 24.9. The molecule has 3 rings (SSSR count). The first-order valence-corrected chi connectivity index (χ1v) is 21.4. The molecule has 1 amide bonds. The van der Waals surface area contributed by atoms with E-state index in [2.05, 4.69) is 45.1 Å². The summed E-state index contributed by atoms with van der Waals surface area (Å²) in [5.41, 5.74) is 2.55. The average Bonchev–Trinajstić information content (AvgIpc) is 3.29. The van der Waals surface area contributed by atoms with Crippen LogP contribution in [0, 0.1) is 0 Å². The normalized spacial score (nSPS) is 16.0. The molecule has 5 heteroatoms. The van der Waals surface area contributed by atoms with Crippen molar-refractivity contribution in [2.75, 3.05) is 6.54 Å². The van der Waals surface area contributed by atoms with E-state index in [-0.39, 0.29) is 12.1 Å². The van der Waals surface area contributed by atoms with Crippen LogP contribution in [0.5, 0.6) is 0 Å². The number of hydrogen-bond acceptors (Lipinski definition) is 3. The van der Waals surface area contributed by atoms with Crippen molar-refractivity contribution in [3.8, 4) is 0 Å². The molecular weight excluding hydrogens is 533 g/mol. The van der Waals surface area contributed by atoms with Gasteiger partial charge in [0.2, 0.25) is 0 Å². The maximum atomic E-state index is 12.9. The van der Waals surface area contributed by atoms with E-state index in [1.54, 1.807) is 2.89 Å². The average molecular weight is 576 g/mol. The van der Waals surface area contributed by atoms with Gasteiger partial charge in [-0.1, -0.05) is 0 Å². The van der Waals surface area contributed by atoms with Gasteiger partial charge in [-0.3, -0.25) is 0 Å². The van der Waals surface area contributed by atoms with Crippen molar-refractivity contribution in [1.29, 1.82) is 0 Å². The minimum atomic E-state index is -2.43. The third kappa shape index (κ3) is 6.78. The molecule has 33 heavy (non-hydrogen) atoms. The van der Waals surface area contributed by atoms with Crippen LogP contribution in [0.4, 0.5) is 4.79 Å². The Kier molecular flexibility index (Phi) is 10.6. The molecule has 0 N–H and O–H groups in total. The van der Waals surface area contributed by atoms with Crippen LogP contribution >= 0.6 is 11.3 Å². The number of fused-ring (bicyclic) bond motifs is 1. The number of amides is 1. The van der Waals surface area contributed by atoms with Gasteiger partial charge in [-0.25, -0.2) is 0 Å². The number of hydrogen-bond donors (Lipinski definition) is 0. The topological polar surface area (TPSA) is 29.5 Å². The van der Waals surface area contributed by atoms with Gasteiger partial charge in [-0.05, 0) is 0 Å². The third-order valence-electron chi connectivity index (χ3n) is 7.30. The van der Waals surface area contributed by atoms with Crippen molar-refractivity contribution in [2.45, 2.75) is 98.6 Å². The standard InChI is InChI=1S/C16H16NO2S.3C4H9.Sn/c1-12-15-14(8-10-20-15)7-9-17(12)16(18)19-11-13-5-3-2-4-6-13;3*1-3-4-2;/h2-6,8,12H,7,9,11H2,1H3;3*1,3-4H2,2H3;. The van der Waals surface area contributed by atoms with Gasteiger partial charge in [0.25, 0.3) is 0 Å². The molecule has 1 aromatic carbocycles. The predicted octanol–water partition coefficient (Wildman–Crippen LogP) is 8.06. The van der Waals surface area contributed by atoms with Crippen LogP contribution in [-0.4, -0.2) is 35.9 Å². The second kappa shape index (κ2) is 13.2. The van der Waals surface area contributed by atoms with Crippen molar-refractivity contribution in [1.82, 2.24) is 4.90 Å². The SMILES string of the molecule is CCC[CH2][Sn]([CH2]CCC)([CH2]CCC)[c]1cc2c(s1)C(C)N(C(=O)OCc1ccccc1)CC2. The van der Waals surface area contributed by atoms with Crippen LogP contribution in [0.3, 0.4) is 0 Å². The molecule has 1 aliphatic heterocycles. The third-order valence-corrected chi connectivity index (χ3v) is 26.9. The van der Waals surface area contributed by atoms with E-state index in [4.69, 9.17) is 4.74 Å². The van der Waals surface area contributed by atoms with Crippen LogP contribution in [-0.2, 0) is 17.8 Å². The van der Waals surface area contributed by atoms with E-state index < -0.39 is 18.4 Å². The molecule has 3 nitrogen and oxygen atoms in total. The Labute approximate surface area is 209 Å².